The fraction of sp³-hybridized carbons (Fsp3) is 0.667. The third-order valence-electron chi connectivity index (χ3n) is 3.33. The third-order valence-corrected chi connectivity index (χ3v) is 3.33. The summed E-state index contributed by atoms with van der Waals surface area (Å²) in [4.78, 5) is 0. The van der Waals surface area contributed by atoms with Crippen LogP contribution in [0.15, 0.2) is 24.3 Å². The van der Waals surface area contributed by atoms with Crippen molar-refractivity contribution >= 4 is 0 Å². The Morgan fingerprint density at radius 1 is 1.00 bits per heavy atom. The minimum absolute atomic E-state index is 0.295. The molecule has 0 radical (unpaired) electrons. The lowest BCUT2D eigenvalue weighted by molar-refractivity contribution is -0.296. The molecule has 0 N–H and O–H groups in total. The average Bonchev–Trinajstić information content (AvgIpc) is 2.75. The Bertz CT molecular complexity index is 275. The van der Waals surface area contributed by atoms with Crippen LogP contribution in [0.3, 0.4) is 0 Å². The van der Waals surface area contributed by atoms with Crippen LogP contribution >= 0.6 is 0 Å². The van der Waals surface area contributed by atoms with Crippen LogP contribution in [-0.2, 0) is 14.2 Å². The molecule has 0 aromatic carbocycles. The summed E-state index contributed by atoms with van der Waals surface area (Å²) in [6.07, 6.45) is 11.2. The van der Waals surface area contributed by atoms with E-state index in [0.29, 0.717) is 25.2 Å². The Hall–Kier alpha value is -0.640. The molecule has 1 fully saturated rings. The van der Waals surface area contributed by atoms with E-state index in [-0.39, 0.29) is 0 Å². The van der Waals surface area contributed by atoms with Crippen molar-refractivity contribution < 1.29 is 14.2 Å². The van der Waals surface area contributed by atoms with Crippen LogP contribution in [0.4, 0.5) is 0 Å². The van der Waals surface area contributed by atoms with Crippen LogP contribution in [0.5, 0.6) is 0 Å². The molecule has 0 aromatic rings. The predicted octanol–water partition coefficient (Wildman–Crippen LogP) is 1.85. The second-order valence-electron chi connectivity index (χ2n) is 4.38. The zero-order valence-corrected chi connectivity index (χ0v) is 8.67. The van der Waals surface area contributed by atoms with Crippen molar-refractivity contribution in [3.05, 3.63) is 24.3 Å². The number of ether oxygens (including phenoxy) is 3. The lowest BCUT2D eigenvalue weighted by atomic mass is 10.1. The number of allylic oxidation sites excluding steroid dienone is 1. The Morgan fingerprint density at radius 2 is 1.80 bits per heavy atom. The van der Waals surface area contributed by atoms with Gasteiger partial charge in [0.15, 0.2) is 0 Å². The normalized spacial score (nSPS) is 39.9. The molecular formula is C12H16O3. The smallest absolute Gasteiger partial charge is 0.272 e. The molecule has 1 saturated carbocycles. The van der Waals surface area contributed by atoms with Crippen molar-refractivity contribution in [1.82, 2.24) is 0 Å². The van der Waals surface area contributed by atoms with Crippen LogP contribution in [0.2, 0.25) is 0 Å². The Morgan fingerprint density at radius 3 is 2.40 bits per heavy atom. The summed E-state index contributed by atoms with van der Waals surface area (Å²) in [5.41, 5.74) is 0. The van der Waals surface area contributed by atoms with E-state index in [4.69, 9.17) is 14.2 Å². The molecular weight excluding hydrogens is 192 g/mol. The molecule has 3 aliphatic rings. The molecule has 0 saturated heterocycles. The maximum atomic E-state index is 5.83. The summed E-state index contributed by atoms with van der Waals surface area (Å²) in [7, 11) is 0. The van der Waals surface area contributed by atoms with Crippen molar-refractivity contribution in [2.75, 3.05) is 13.2 Å². The van der Waals surface area contributed by atoms with Crippen molar-refractivity contribution in [2.24, 2.45) is 11.8 Å². The lowest BCUT2D eigenvalue weighted by Gasteiger charge is -2.24. The molecule has 1 aliphatic heterocycles. The van der Waals surface area contributed by atoms with Gasteiger partial charge in [-0.15, -0.1) is 0 Å². The molecule has 82 valence electrons. The molecule has 0 aromatic heterocycles. The van der Waals surface area contributed by atoms with Gasteiger partial charge in [0.05, 0.1) is 19.3 Å². The maximum absolute atomic E-state index is 5.83. The van der Waals surface area contributed by atoms with Crippen LogP contribution in [-0.4, -0.2) is 25.8 Å². The number of hydrogen-bond acceptors (Lipinski definition) is 3. The first-order valence-corrected chi connectivity index (χ1v) is 5.64. The highest BCUT2D eigenvalue weighted by Gasteiger charge is 2.38. The van der Waals surface area contributed by atoms with Gasteiger partial charge in [-0.3, -0.25) is 0 Å². The first-order valence-electron chi connectivity index (χ1n) is 5.64. The highest BCUT2D eigenvalue weighted by molar-refractivity contribution is 5.10. The van der Waals surface area contributed by atoms with Crippen molar-refractivity contribution in [1.29, 1.82) is 0 Å². The predicted molar refractivity (Wildman–Crippen MR) is 55.1 cm³/mol. The first-order chi connectivity index (χ1) is 7.42. The fourth-order valence-electron chi connectivity index (χ4n) is 2.56. The zero-order chi connectivity index (χ0) is 10.1. The van der Waals surface area contributed by atoms with Crippen molar-refractivity contribution in [3.8, 4) is 0 Å². The lowest BCUT2D eigenvalue weighted by Crippen LogP contribution is -2.29. The molecule has 2 bridgehead atoms. The highest BCUT2D eigenvalue weighted by Crippen LogP contribution is 2.41. The third kappa shape index (κ3) is 2.00. The molecule has 3 nitrogen and oxygen atoms in total. The van der Waals surface area contributed by atoms with Crippen molar-refractivity contribution in [3.63, 3.8) is 0 Å². The molecule has 0 spiro atoms. The second-order valence-corrected chi connectivity index (χ2v) is 4.38. The van der Waals surface area contributed by atoms with Gasteiger partial charge in [-0.2, -0.15) is 0 Å². The highest BCUT2D eigenvalue weighted by atomic mass is 16.8. The number of hydrogen-bond donors (Lipinski definition) is 0. The zero-order valence-electron chi connectivity index (χ0n) is 8.67. The van der Waals surface area contributed by atoms with Crippen LogP contribution < -0.4 is 0 Å². The van der Waals surface area contributed by atoms with Crippen LogP contribution in [0.25, 0.3) is 0 Å². The van der Waals surface area contributed by atoms with E-state index in [1.165, 1.54) is 6.42 Å². The van der Waals surface area contributed by atoms with Gasteiger partial charge < -0.3 is 14.2 Å². The first kappa shape index (κ1) is 9.58. The molecule has 3 heteroatoms. The minimum atomic E-state index is -0.474. The van der Waals surface area contributed by atoms with Gasteiger partial charge in [-0.1, -0.05) is 24.3 Å². The molecule has 3 unspecified atom stereocenters. The molecule has 3 rings (SSSR count). The van der Waals surface area contributed by atoms with E-state index in [1.54, 1.807) is 0 Å². The second kappa shape index (κ2) is 4.08. The average molecular weight is 208 g/mol. The van der Waals surface area contributed by atoms with E-state index in [2.05, 4.69) is 12.2 Å². The fourth-order valence-corrected chi connectivity index (χ4v) is 2.56. The summed E-state index contributed by atoms with van der Waals surface area (Å²) >= 11 is 0. The maximum Gasteiger partial charge on any atom is 0.272 e. The summed E-state index contributed by atoms with van der Waals surface area (Å²) in [5.74, 6) is 1.31. The van der Waals surface area contributed by atoms with Crippen molar-refractivity contribution in [2.45, 2.75) is 25.4 Å². The van der Waals surface area contributed by atoms with Gasteiger partial charge in [0.25, 0.3) is 6.48 Å². The largest absolute Gasteiger partial charge is 0.326 e. The molecule has 15 heavy (non-hydrogen) atoms. The monoisotopic (exact) mass is 208 g/mol. The van der Waals surface area contributed by atoms with Gasteiger partial charge in [-0.05, 0) is 18.8 Å². The van der Waals surface area contributed by atoms with E-state index < -0.39 is 6.48 Å². The molecule has 1 heterocycles. The number of rotatable bonds is 2. The Labute approximate surface area is 89.7 Å². The summed E-state index contributed by atoms with van der Waals surface area (Å²) in [5, 5.41) is 0. The standard InChI is InChI=1S/C12H16O3/c1-2-6-14-12(13-5-1)15-11-8-9-3-4-10(11)7-9/h1-4,9-12H,5-8H2. The van der Waals surface area contributed by atoms with Gasteiger partial charge in [-0.25, -0.2) is 0 Å². The minimum Gasteiger partial charge on any atom is -0.326 e. The quantitative estimate of drug-likeness (QED) is 0.648. The topological polar surface area (TPSA) is 27.7 Å². The van der Waals surface area contributed by atoms with E-state index >= 15 is 0 Å². The molecule has 3 atom stereocenters. The molecule has 2 aliphatic carbocycles. The SMILES string of the molecule is C1=CCOC(OC2CC3C=CC2C3)OC1. The van der Waals surface area contributed by atoms with E-state index in [9.17, 15) is 0 Å². The van der Waals surface area contributed by atoms with Gasteiger partial charge in [0, 0.05) is 5.92 Å². The Kier molecular flexibility index (Phi) is 2.61. The van der Waals surface area contributed by atoms with Gasteiger partial charge in [0.2, 0.25) is 0 Å². The van der Waals surface area contributed by atoms with Gasteiger partial charge in [0.1, 0.15) is 0 Å². The van der Waals surface area contributed by atoms with Crippen LogP contribution in [0, 0.1) is 11.8 Å². The Balaban J connectivity index is 1.55. The van der Waals surface area contributed by atoms with E-state index in [1.807, 2.05) is 12.2 Å². The van der Waals surface area contributed by atoms with E-state index in [0.717, 1.165) is 12.3 Å². The summed E-state index contributed by atoms with van der Waals surface area (Å²) in [6, 6.07) is 0. The van der Waals surface area contributed by atoms with Crippen LogP contribution in [0.1, 0.15) is 12.8 Å². The van der Waals surface area contributed by atoms with Gasteiger partial charge >= 0.3 is 0 Å². The summed E-state index contributed by atoms with van der Waals surface area (Å²) in [6.45, 7) is 0.695. The summed E-state index contributed by atoms with van der Waals surface area (Å²) < 4.78 is 16.7. The molecule has 0 amide bonds. The number of fused-ring (bicyclic) bond motifs is 2.